The van der Waals surface area contributed by atoms with E-state index in [9.17, 15) is 28.1 Å². The molecule has 6 N–H and O–H groups in total. The Bertz CT molecular complexity index is 1250. The van der Waals surface area contributed by atoms with E-state index in [2.05, 4.69) is 15.2 Å². The van der Waals surface area contributed by atoms with E-state index >= 15 is 0 Å². The van der Waals surface area contributed by atoms with Crippen molar-refractivity contribution in [2.45, 2.75) is 25.3 Å². The number of anilines is 1. The first-order valence-electron chi connectivity index (χ1n) is 9.38. The lowest BCUT2D eigenvalue weighted by molar-refractivity contribution is -0.385. The van der Waals surface area contributed by atoms with E-state index in [1.165, 1.54) is 31.2 Å². The van der Waals surface area contributed by atoms with Gasteiger partial charge in [0.15, 0.2) is 0 Å². The second-order valence-corrected chi connectivity index (χ2v) is 8.44. The zero-order valence-corrected chi connectivity index (χ0v) is 18.6. The van der Waals surface area contributed by atoms with Crippen LogP contribution < -0.4 is 27.1 Å². The summed E-state index contributed by atoms with van der Waals surface area (Å²) >= 11 is 0. The van der Waals surface area contributed by atoms with Gasteiger partial charge in [0.05, 0.1) is 16.4 Å². The van der Waals surface area contributed by atoms with Crippen molar-refractivity contribution in [3.8, 4) is 0 Å². The number of hydrogen-bond donors (Lipinski definition) is 4. The highest BCUT2D eigenvalue weighted by atomic mass is 32.2. The number of aryl methyl sites for hydroxylation is 2. The third kappa shape index (κ3) is 6.67. The molecule has 0 bridgehead atoms. The average molecular weight is 481 g/mol. The Morgan fingerprint density at radius 2 is 1.94 bits per heavy atom. The zero-order valence-electron chi connectivity index (χ0n) is 17.8. The van der Waals surface area contributed by atoms with Crippen LogP contribution in [-0.2, 0) is 26.2 Å². The van der Waals surface area contributed by atoms with Gasteiger partial charge < -0.3 is 26.2 Å². The molecule has 0 unspecified atom stereocenters. The maximum Gasteiger partial charge on any atom is 0.275 e. The Balaban J connectivity index is 2.22. The van der Waals surface area contributed by atoms with Crippen molar-refractivity contribution >= 4 is 33.3 Å². The molecule has 0 radical (unpaired) electrons. The number of benzene rings is 1. The minimum atomic E-state index is -4.33. The predicted octanol–water partition coefficient (Wildman–Crippen LogP) is -0.505. The number of sulfonamides is 1. The van der Waals surface area contributed by atoms with Crippen LogP contribution in [0.25, 0.3) is 0 Å². The Morgan fingerprint density at radius 3 is 2.58 bits per heavy atom. The zero-order chi connectivity index (χ0) is 24.8. The van der Waals surface area contributed by atoms with Gasteiger partial charge in [-0.2, -0.15) is 0 Å². The fourth-order valence-electron chi connectivity index (χ4n) is 2.69. The summed E-state index contributed by atoms with van der Waals surface area (Å²) in [4.78, 5) is 39.6. The average Bonchev–Trinajstić information content (AvgIpc) is 2.72. The van der Waals surface area contributed by atoms with Crippen LogP contribution in [0.4, 0.5) is 11.4 Å². The van der Waals surface area contributed by atoms with Crippen LogP contribution in [0, 0.1) is 24.0 Å². The van der Waals surface area contributed by atoms with Crippen molar-refractivity contribution in [3.63, 3.8) is 0 Å². The molecule has 2 aromatic rings. The molecule has 14 nitrogen and oxygen atoms in total. The number of carbonyl (C=O) groups excluding carboxylic acids is 1. The summed E-state index contributed by atoms with van der Waals surface area (Å²) in [6, 6.07) is 6.08. The number of nitrogens with two attached hydrogens (primary N) is 2. The van der Waals surface area contributed by atoms with E-state index in [4.69, 9.17) is 16.3 Å². The summed E-state index contributed by atoms with van der Waals surface area (Å²) in [5.41, 5.74) is 9.33. The third-order valence-electron chi connectivity index (χ3n) is 4.30. The van der Waals surface area contributed by atoms with Gasteiger partial charge in [0, 0.05) is 17.8 Å². The number of pyridine rings is 1. The van der Waals surface area contributed by atoms with Crippen molar-refractivity contribution < 1.29 is 23.0 Å². The Morgan fingerprint density at radius 1 is 1.24 bits per heavy atom. The molecule has 1 amide bonds. The van der Waals surface area contributed by atoms with Gasteiger partial charge in [-0.1, -0.05) is 6.07 Å². The van der Waals surface area contributed by atoms with Crippen LogP contribution in [-0.4, -0.2) is 42.9 Å². The summed E-state index contributed by atoms with van der Waals surface area (Å²) in [6.45, 7) is 2.69. The molecule has 0 atom stereocenters. The highest BCUT2D eigenvalue weighted by Gasteiger charge is 2.22. The SMILES string of the molecule is Cc1ccc([N+](=O)[O-])cc1S(=O)(=O)Nc1ccc(C)n(CC(=O)NCCON=C(N)N)c1=O. The van der Waals surface area contributed by atoms with Crippen molar-refractivity contribution in [2.75, 3.05) is 17.9 Å². The summed E-state index contributed by atoms with van der Waals surface area (Å²) in [6.07, 6.45) is 0. The number of nitrogens with one attached hydrogen (secondary N) is 2. The van der Waals surface area contributed by atoms with Crippen molar-refractivity contribution in [1.82, 2.24) is 9.88 Å². The molecule has 1 aromatic heterocycles. The van der Waals surface area contributed by atoms with Crippen LogP contribution in [0.5, 0.6) is 0 Å². The van der Waals surface area contributed by atoms with Crippen molar-refractivity contribution in [1.29, 1.82) is 0 Å². The third-order valence-corrected chi connectivity index (χ3v) is 5.80. The molecule has 33 heavy (non-hydrogen) atoms. The molecule has 0 aliphatic heterocycles. The topological polar surface area (TPSA) is 214 Å². The molecular weight excluding hydrogens is 458 g/mol. The monoisotopic (exact) mass is 481 g/mol. The lowest BCUT2D eigenvalue weighted by Crippen LogP contribution is -2.36. The van der Waals surface area contributed by atoms with Gasteiger partial charge in [0.25, 0.3) is 21.3 Å². The highest BCUT2D eigenvalue weighted by Crippen LogP contribution is 2.23. The number of non-ortho nitro benzene ring substituents is 1. The number of nitro groups is 1. The molecule has 1 aromatic carbocycles. The summed E-state index contributed by atoms with van der Waals surface area (Å²) in [7, 11) is -4.33. The quantitative estimate of drug-likeness (QED) is 0.113. The second kappa shape index (κ2) is 10.4. The number of guanidine groups is 1. The van der Waals surface area contributed by atoms with E-state index in [0.717, 1.165) is 10.6 Å². The molecule has 2 rings (SSSR count). The van der Waals surface area contributed by atoms with Crippen LogP contribution in [0.3, 0.4) is 0 Å². The number of aromatic nitrogens is 1. The molecule has 178 valence electrons. The van der Waals surface area contributed by atoms with Gasteiger partial charge in [0.1, 0.15) is 18.8 Å². The molecule has 1 heterocycles. The number of amides is 1. The van der Waals surface area contributed by atoms with Crippen molar-refractivity contribution in [3.05, 3.63) is 62.1 Å². The number of nitro benzene ring substituents is 1. The van der Waals surface area contributed by atoms with Crippen LogP contribution in [0.2, 0.25) is 0 Å². The normalized spacial score (nSPS) is 10.8. The predicted molar refractivity (Wildman–Crippen MR) is 119 cm³/mol. The van der Waals surface area contributed by atoms with Gasteiger partial charge in [-0.25, -0.2) is 8.42 Å². The van der Waals surface area contributed by atoms with E-state index in [1.54, 1.807) is 6.92 Å². The maximum absolute atomic E-state index is 12.8. The molecule has 0 aliphatic rings. The van der Waals surface area contributed by atoms with E-state index < -0.39 is 38.6 Å². The van der Waals surface area contributed by atoms with Gasteiger partial charge in [-0.05, 0) is 36.7 Å². The van der Waals surface area contributed by atoms with E-state index in [-0.39, 0.29) is 35.3 Å². The second-order valence-electron chi connectivity index (χ2n) is 6.79. The first-order chi connectivity index (χ1) is 15.4. The molecule has 0 fully saturated rings. The fraction of sp³-hybridized carbons (Fsp3) is 0.278. The fourth-order valence-corrected chi connectivity index (χ4v) is 4.01. The molecule has 0 saturated heterocycles. The first-order valence-corrected chi connectivity index (χ1v) is 10.9. The van der Waals surface area contributed by atoms with Crippen LogP contribution in [0.1, 0.15) is 11.3 Å². The Hall–Kier alpha value is -4.14. The highest BCUT2D eigenvalue weighted by molar-refractivity contribution is 7.92. The number of oxime groups is 1. The van der Waals surface area contributed by atoms with Crippen LogP contribution in [0.15, 0.2) is 45.2 Å². The summed E-state index contributed by atoms with van der Waals surface area (Å²) in [5, 5.41) is 16.8. The Kier molecular flexibility index (Phi) is 7.95. The first kappa shape index (κ1) is 25.1. The number of rotatable bonds is 10. The van der Waals surface area contributed by atoms with Gasteiger partial charge in [-0.15, -0.1) is 0 Å². The smallest absolute Gasteiger partial charge is 0.275 e. The van der Waals surface area contributed by atoms with Gasteiger partial charge in [0.2, 0.25) is 11.9 Å². The summed E-state index contributed by atoms with van der Waals surface area (Å²) in [5.74, 6) is -0.814. The van der Waals surface area contributed by atoms with Gasteiger partial charge >= 0.3 is 0 Å². The molecule has 0 saturated carbocycles. The molecular formula is C18H23N7O7S. The maximum atomic E-state index is 12.8. The van der Waals surface area contributed by atoms with E-state index in [0.29, 0.717) is 5.69 Å². The van der Waals surface area contributed by atoms with Gasteiger partial charge in [-0.3, -0.25) is 24.4 Å². The standard InChI is InChI=1S/C18H23N7O7S/c1-11-3-5-13(25(28)29)9-15(11)33(30,31)23-14-6-4-12(2)24(17(14)27)10-16(26)21-7-8-32-22-18(19)20/h3-6,9,23H,7-8,10H2,1-2H3,(H,21,26)(H4,19,20,22). The molecule has 15 heteroatoms. The van der Waals surface area contributed by atoms with E-state index in [1.807, 2.05) is 0 Å². The van der Waals surface area contributed by atoms with Crippen molar-refractivity contribution in [2.24, 2.45) is 16.6 Å². The lowest BCUT2D eigenvalue weighted by atomic mass is 10.2. The number of carbonyl (C=O) groups is 1. The molecule has 0 aliphatic carbocycles. The number of nitrogens with zero attached hydrogens (tertiary/aromatic N) is 3. The summed E-state index contributed by atoms with van der Waals surface area (Å²) < 4.78 is 28.9. The minimum absolute atomic E-state index is 0.0140. The minimum Gasteiger partial charge on any atom is -0.391 e. The number of hydrogen-bond acceptors (Lipinski definition) is 8. The largest absolute Gasteiger partial charge is 0.391 e. The lowest BCUT2D eigenvalue weighted by Gasteiger charge is -2.14. The Labute approximate surface area is 188 Å². The molecule has 0 spiro atoms. The van der Waals surface area contributed by atoms with Crippen LogP contribution >= 0.6 is 0 Å².